The molecule has 1 aliphatic carbocycles. The third-order valence-corrected chi connectivity index (χ3v) is 6.04. The summed E-state index contributed by atoms with van der Waals surface area (Å²) in [6, 6.07) is 13.4. The number of hydrogen-bond donors (Lipinski definition) is 1. The first kappa shape index (κ1) is 14.6. The fourth-order valence-electron chi connectivity index (χ4n) is 2.34. The molecule has 1 fully saturated rings. The molecule has 2 heterocycles. The Morgan fingerprint density at radius 2 is 1.91 bits per heavy atom. The molecular weight excluding hydrogens is 330 g/mol. The zero-order chi connectivity index (χ0) is 15.9. The van der Waals surface area contributed by atoms with Crippen molar-refractivity contribution >= 4 is 21.4 Å². The molecule has 0 amide bonds. The van der Waals surface area contributed by atoms with Crippen molar-refractivity contribution in [1.29, 1.82) is 0 Å². The lowest BCUT2D eigenvalue weighted by Crippen LogP contribution is -2.25. The number of rotatable bonds is 5. The first-order valence-corrected chi connectivity index (χ1v) is 9.71. The van der Waals surface area contributed by atoms with E-state index in [2.05, 4.69) is 9.82 Å². The normalized spacial score (nSPS) is 15.0. The molecule has 1 N–H and O–H groups in total. The number of benzene rings is 1. The van der Waals surface area contributed by atoms with Crippen LogP contribution in [0.3, 0.4) is 0 Å². The fraction of sp³-hybridized carbons (Fsp3) is 0.188. The van der Waals surface area contributed by atoms with Crippen LogP contribution in [0.2, 0.25) is 0 Å². The average molecular weight is 345 g/mol. The van der Waals surface area contributed by atoms with Gasteiger partial charge in [-0.25, -0.2) is 17.8 Å². The number of para-hydroxylation sites is 1. The van der Waals surface area contributed by atoms with E-state index in [1.807, 2.05) is 47.8 Å². The molecule has 1 aliphatic rings. The van der Waals surface area contributed by atoms with Gasteiger partial charge in [0.1, 0.15) is 10.6 Å². The summed E-state index contributed by atoms with van der Waals surface area (Å²) in [5.74, 6) is 0. The summed E-state index contributed by atoms with van der Waals surface area (Å²) in [4.78, 5) is 1.08. The first-order valence-electron chi connectivity index (χ1n) is 7.35. The van der Waals surface area contributed by atoms with Crippen LogP contribution in [0.25, 0.3) is 16.3 Å². The molecule has 0 unspecified atom stereocenters. The summed E-state index contributed by atoms with van der Waals surface area (Å²) in [6.45, 7) is 0. The smallest absolute Gasteiger partial charge is 0.239 e. The number of thiophene rings is 1. The maximum absolute atomic E-state index is 12.7. The third kappa shape index (κ3) is 2.95. The predicted octanol–water partition coefficient (Wildman–Crippen LogP) is 3.04. The number of aromatic nitrogens is 2. The molecule has 0 atom stereocenters. The second-order valence-corrected chi connectivity index (χ2v) is 8.13. The summed E-state index contributed by atoms with van der Waals surface area (Å²) in [5.41, 5.74) is 1.33. The maximum Gasteiger partial charge on any atom is 0.244 e. The molecule has 0 spiro atoms. The number of hydrogen-bond acceptors (Lipinski definition) is 4. The lowest BCUT2D eigenvalue weighted by molar-refractivity contribution is 0.581. The molecule has 118 valence electrons. The molecule has 1 saturated carbocycles. The van der Waals surface area contributed by atoms with Crippen LogP contribution in [0.4, 0.5) is 0 Å². The Morgan fingerprint density at radius 3 is 2.57 bits per heavy atom. The van der Waals surface area contributed by atoms with Gasteiger partial charge in [-0.2, -0.15) is 5.10 Å². The molecule has 0 bridgehead atoms. The van der Waals surface area contributed by atoms with Gasteiger partial charge in [0.05, 0.1) is 16.8 Å². The van der Waals surface area contributed by atoms with Gasteiger partial charge in [-0.1, -0.05) is 24.3 Å². The van der Waals surface area contributed by atoms with Gasteiger partial charge in [0.25, 0.3) is 0 Å². The van der Waals surface area contributed by atoms with Gasteiger partial charge >= 0.3 is 0 Å². The Kier molecular flexibility index (Phi) is 3.56. The van der Waals surface area contributed by atoms with Gasteiger partial charge in [0.2, 0.25) is 10.0 Å². The molecule has 5 nitrogen and oxygen atoms in total. The highest BCUT2D eigenvalue weighted by molar-refractivity contribution is 7.89. The van der Waals surface area contributed by atoms with E-state index in [1.165, 1.54) is 11.3 Å². The van der Waals surface area contributed by atoms with Gasteiger partial charge in [0, 0.05) is 6.04 Å². The summed E-state index contributed by atoms with van der Waals surface area (Å²) in [7, 11) is -3.57. The monoisotopic (exact) mass is 345 g/mol. The lowest BCUT2D eigenvalue weighted by atomic mass is 10.3. The van der Waals surface area contributed by atoms with Crippen molar-refractivity contribution < 1.29 is 8.42 Å². The van der Waals surface area contributed by atoms with E-state index in [-0.39, 0.29) is 10.9 Å². The maximum atomic E-state index is 12.7. The largest absolute Gasteiger partial charge is 0.244 e. The van der Waals surface area contributed by atoms with Crippen LogP contribution >= 0.6 is 11.3 Å². The molecule has 2 aromatic heterocycles. The standard InChI is InChI=1S/C16H15N3O2S2/c20-23(21,18-12-8-9-12)15-11-19(13-5-2-1-3-6-13)17-16(15)14-7-4-10-22-14/h1-7,10-12,18H,8-9H2. The zero-order valence-electron chi connectivity index (χ0n) is 12.2. The second kappa shape index (κ2) is 5.59. The molecule has 1 aromatic carbocycles. The molecule has 7 heteroatoms. The number of nitrogens with one attached hydrogen (secondary N) is 1. The van der Waals surface area contributed by atoms with Gasteiger partial charge in [-0.3, -0.25) is 0 Å². The van der Waals surface area contributed by atoms with Gasteiger partial charge in [-0.15, -0.1) is 11.3 Å². The predicted molar refractivity (Wildman–Crippen MR) is 90.2 cm³/mol. The van der Waals surface area contributed by atoms with E-state index in [1.54, 1.807) is 10.9 Å². The van der Waals surface area contributed by atoms with Crippen molar-refractivity contribution in [1.82, 2.24) is 14.5 Å². The summed E-state index contributed by atoms with van der Waals surface area (Å²) in [6.07, 6.45) is 3.40. The Bertz CT molecular complexity index is 912. The minimum Gasteiger partial charge on any atom is -0.239 e. The second-order valence-electron chi connectivity index (χ2n) is 5.49. The van der Waals surface area contributed by atoms with Crippen molar-refractivity contribution in [3.63, 3.8) is 0 Å². The average Bonchev–Trinajstić information content (AvgIpc) is 3.07. The van der Waals surface area contributed by atoms with Crippen LogP contribution in [0, 0.1) is 0 Å². The third-order valence-electron chi connectivity index (χ3n) is 3.64. The van der Waals surface area contributed by atoms with Crippen LogP contribution in [-0.2, 0) is 10.0 Å². The summed E-state index contributed by atoms with van der Waals surface area (Å²) >= 11 is 1.48. The van der Waals surface area contributed by atoms with Gasteiger partial charge in [0.15, 0.2) is 0 Å². The van der Waals surface area contributed by atoms with Crippen molar-refractivity contribution in [3.8, 4) is 16.3 Å². The van der Waals surface area contributed by atoms with Crippen LogP contribution in [0.5, 0.6) is 0 Å². The van der Waals surface area contributed by atoms with E-state index < -0.39 is 10.0 Å². The van der Waals surface area contributed by atoms with E-state index in [0.29, 0.717) is 5.69 Å². The van der Waals surface area contributed by atoms with E-state index in [0.717, 1.165) is 23.4 Å². The highest BCUT2D eigenvalue weighted by Crippen LogP contribution is 2.32. The zero-order valence-corrected chi connectivity index (χ0v) is 13.8. The summed E-state index contributed by atoms with van der Waals surface area (Å²) in [5, 5.41) is 6.44. The molecular formula is C16H15N3O2S2. The van der Waals surface area contributed by atoms with E-state index >= 15 is 0 Å². The Labute approximate surface area is 138 Å². The van der Waals surface area contributed by atoms with Crippen molar-refractivity contribution in [2.75, 3.05) is 0 Å². The lowest BCUT2D eigenvalue weighted by Gasteiger charge is -2.04. The topological polar surface area (TPSA) is 64.0 Å². The summed E-state index contributed by atoms with van der Waals surface area (Å²) < 4.78 is 29.7. The van der Waals surface area contributed by atoms with Crippen LogP contribution < -0.4 is 4.72 Å². The molecule has 4 rings (SSSR count). The van der Waals surface area contributed by atoms with E-state index in [4.69, 9.17) is 0 Å². The Morgan fingerprint density at radius 1 is 1.13 bits per heavy atom. The van der Waals surface area contributed by atoms with Crippen molar-refractivity contribution in [3.05, 3.63) is 54.0 Å². The minimum atomic E-state index is -3.57. The Balaban J connectivity index is 1.84. The van der Waals surface area contributed by atoms with Gasteiger partial charge in [-0.05, 0) is 36.4 Å². The van der Waals surface area contributed by atoms with Crippen LogP contribution in [-0.4, -0.2) is 24.2 Å². The Hall–Kier alpha value is -1.96. The quantitative estimate of drug-likeness (QED) is 0.773. The molecule has 23 heavy (non-hydrogen) atoms. The van der Waals surface area contributed by atoms with Crippen molar-refractivity contribution in [2.24, 2.45) is 0 Å². The molecule has 0 aliphatic heterocycles. The highest BCUT2D eigenvalue weighted by atomic mass is 32.2. The fourth-order valence-corrected chi connectivity index (χ4v) is 4.57. The van der Waals surface area contributed by atoms with Crippen LogP contribution in [0.1, 0.15) is 12.8 Å². The van der Waals surface area contributed by atoms with Gasteiger partial charge < -0.3 is 0 Å². The number of nitrogens with zero attached hydrogens (tertiary/aromatic N) is 2. The van der Waals surface area contributed by atoms with Crippen molar-refractivity contribution in [2.45, 2.75) is 23.8 Å². The minimum absolute atomic E-state index is 0.0660. The SMILES string of the molecule is O=S(=O)(NC1CC1)c1cn(-c2ccccc2)nc1-c1cccs1. The molecule has 0 saturated heterocycles. The first-order chi connectivity index (χ1) is 11.1. The van der Waals surface area contributed by atoms with Crippen LogP contribution in [0.15, 0.2) is 58.9 Å². The van der Waals surface area contributed by atoms with E-state index in [9.17, 15) is 8.42 Å². The molecule has 0 radical (unpaired) electrons. The highest BCUT2D eigenvalue weighted by Gasteiger charge is 2.31. The number of sulfonamides is 1. The molecule has 3 aromatic rings.